The Kier molecular flexibility index (Phi) is 3.29. The molecule has 1 N–H and O–H groups in total. The van der Waals surface area contributed by atoms with Gasteiger partial charge in [-0.05, 0) is 19.4 Å². The van der Waals surface area contributed by atoms with Gasteiger partial charge in [-0.25, -0.2) is 4.98 Å². The zero-order valence-electron chi connectivity index (χ0n) is 10.5. The van der Waals surface area contributed by atoms with Crippen LogP contribution in [-0.2, 0) is 13.5 Å². The van der Waals surface area contributed by atoms with E-state index in [1.165, 1.54) is 11.1 Å². The predicted octanol–water partition coefficient (Wildman–Crippen LogP) is 2.31. The molecule has 2 rings (SSSR count). The predicted molar refractivity (Wildman–Crippen MR) is 67.8 cm³/mol. The van der Waals surface area contributed by atoms with Crippen LogP contribution in [0.2, 0.25) is 0 Å². The van der Waals surface area contributed by atoms with Crippen molar-refractivity contribution >= 4 is 0 Å². The van der Waals surface area contributed by atoms with Crippen molar-refractivity contribution in [2.75, 3.05) is 0 Å². The van der Waals surface area contributed by atoms with Crippen molar-refractivity contribution < 1.29 is 5.11 Å². The number of aromatic nitrogens is 2. The fourth-order valence-electron chi connectivity index (χ4n) is 2.20. The Hall–Kier alpha value is -1.61. The van der Waals surface area contributed by atoms with E-state index in [0.29, 0.717) is 6.42 Å². The number of benzene rings is 1. The van der Waals surface area contributed by atoms with Crippen LogP contribution < -0.4 is 0 Å². The number of aliphatic hydroxyl groups excluding tert-OH is 1. The van der Waals surface area contributed by atoms with Gasteiger partial charge in [-0.3, -0.25) is 0 Å². The second-order valence-corrected chi connectivity index (χ2v) is 4.65. The van der Waals surface area contributed by atoms with Gasteiger partial charge in [0.25, 0.3) is 0 Å². The molecular formula is C14H18N2O. The standard InChI is InChI=1S/C14H18N2O/c1-10-4-11(2)6-12(5-10)7-14(17)13-8-15-9-16(13)3/h4-6,8-9,14,17H,7H2,1-3H3. The Bertz CT molecular complexity index is 496. The first-order chi connectivity index (χ1) is 8.06. The lowest BCUT2D eigenvalue weighted by molar-refractivity contribution is 0.170. The third-order valence-electron chi connectivity index (χ3n) is 2.91. The summed E-state index contributed by atoms with van der Waals surface area (Å²) < 4.78 is 1.85. The minimum Gasteiger partial charge on any atom is -0.386 e. The molecule has 0 saturated heterocycles. The first-order valence-corrected chi connectivity index (χ1v) is 5.77. The van der Waals surface area contributed by atoms with Gasteiger partial charge in [0.1, 0.15) is 0 Å². The minimum atomic E-state index is -0.497. The Morgan fingerprint density at radius 1 is 1.24 bits per heavy atom. The van der Waals surface area contributed by atoms with Gasteiger partial charge >= 0.3 is 0 Å². The molecule has 0 amide bonds. The average Bonchev–Trinajstić information content (AvgIpc) is 2.62. The summed E-state index contributed by atoms with van der Waals surface area (Å²) in [6.45, 7) is 4.15. The number of rotatable bonds is 3. The molecule has 0 saturated carbocycles. The molecule has 0 aliphatic heterocycles. The lowest BCUT2D eigenvalue weighted by Gasteiger charge is -2.12. The minimum absolute atomic E-state index is 0.497. The van der Waals surface area contributed by atoms with Gasteiger partial charge in [0.05, 0.1) is 24.3 Å². The largest absolute Gasteiger partial charge is 0.386 e. The normalized spacial score (nSPS) is 12.7. The summed E-state index contributed by atoms with van der Waals surface area (Å²) in [5.41, 5.74) is 4.48. The fourth-order valence-corrected chi connectivity index (χ4v) is 2.20. The van der Waals surface area contributed by atoms with Crippen molar-refractivity contribution in [1.29, 1.82) is 0 Å². The highest BCUT2D eigenvalue weighted by atomic mass is 16.3. The maximum atomic E-state index is 10.2. The molecular weight excluding hydrogens is 212 g/mol. The van der Waals surface area contributed by atoms with Crippen LogP contribution in [0.15, 0.2) is 30.7 Å². The summed E-state index contributed by atoms with van der Waals surface area (Å²) in [7, 11) is 1.90. The van der Waals surface area contributed by atoms with E-state index in [0.717, 1.165) is 11.3 Å². The van der Waals surface area contributed by atoms with Crippen molar-refractivity contribution in [2.45, 2.75) is 26.4 Å². The summed E-state index contributed by atoms with van der Waals surface area (Å²) >= 11 is 0. The van der Waals surface area contributed by atoms with Crippen molar-refractivity contribution in [3.8, 4) is 0 Å². The van der Waals surface area contributed by atoms with Crippen LogP contribution in [0.1, 0.15) is 28.5 Å². The molecule has 2 aromatic rings. The number of aliphatic hydroxyl groups is 1. The van der Waals surface area contributed by atoms with Crippen LogP contribution in [0.4, 0.5) is 0 Å². The molecule has 90 valence electrons. The second kappa shape index (κ2) is 4.72. The third kappa shape index (κ3) is 2.74. The van der Waals surface area contributed by atoms with E-state index >= 15 is 0 Å². The molecule has 1 atom stereocenters. The van der Waals surface area contributed by atoms with Gasteiger partial charge in [-0.1, -0.05) is 29.3 Å². The van der Waals surface area contributed by atoms with Gasteiger partial charge in [0, 0.05) is 13.5 Å². The molecule has 0 radical (unpaired) electrons. The monoisotopic (exact) mass is 230 g/mol. The number of imidazole rings is 1. The van der Waals surface area contributed by atoms with Gasteiger partial charge in [-0.15, -0.1) is 0 Å². The van der Waals surface area contributed by atoms with Crippen LogP contribution in [0.5, 0.6) is 0 Å². The summed E-state index contributed by atoms with van der Waals surface area (Å²) in [4.78, 5) is 4.02. The van der Waals surface area contributed by atoms with E-state index in [4.69, 9.17) is 0 Å². The van der Waals surface area contributed by atoms with Crippen molar-refractivity contribution in [3.63, 3.8) is 0 Å². The Morgan fingerprint density at radius 3 is 2.41 bits per heavy atom. The lowest BCUT2D eigenvalue weighted by Crippen LogP contribution is -2.06. The molecule has 0 bridgehead atoms. The highest BCUT2D eigenvalue weighted by Gasteiger charge is 2.12. The second-order valence-electron chi connectivity index (χ2n) is 4.65. The zero-order chi connectivity index (χ0) is 12.4. The molecule has 1 heterocycles. The van der Waals surface area contributed by atoms with E-state index in [2.05, 4.69) is 37.0 Å². The van der Waals surface area contributed by atoms with Crippen LogP contribution in [0.25, 0.3) is 0 Å². The van der Waals surface area contributed by atoms with E-state index in [1.807, 2.05) is 11.6 Å². The third-order valence-corrected chi connectivity index (χ3v) is 2.91. The maximum absolute atomic E-state index is 10.2. The van der Waals surface area contributed by atoms with Gasteiger partial charge in [0.15, 0.2) is 0 Å². The average molecular weight is 230 g/mol. The summed E-state index contributed by atoms with van der Waals surface area (Å²) in [6, 6.07) is 6.37. The number of nitrogens with zero attached hydrogens (tertiary/aromatic N) is 2. The quantitative estimate of drug-likeness (QED) is 0.878. The van der Waals surface area contributed by atoms with E-state index < -0.39 is 6.10 Å². The van der Waals surface area contributed by atoms with E-state index in [-0.39, 0.29) is 0 Å². The van der Waals surface area contributed by atoms with Crippen LogP contribution >= 0.6 is 0 Å². The highest BCUT2D eigenvalue weighted by molar-refractivity contribution is 5.29. The van der Waals surface area contributed by atoms with E-state index in [1.54, 1.807) is 12.5 Å². The molecule has 0 aliphatic carbocycles. The molecule has 0 spiro atoms. The smallest absolute Gasteiger partial charge is 0.0995 e. The summed E-state index contributed by atoms with van der Waals surface area (Å²) in [5, 5.41) is 10.2. The SMILES string of the molecule is Cc1cc(C)cc(CC(O)c2cncn2C)c1. The first kappa shape index (κ1) is 11.9. The van der Waals surface area contributed by atoms with Gasteiger partial charge in [-0.2, -0.15) is 0 Å². The topological polar surface area (TPSA) is 38.1 Å². The summed E-state index contributed by atoms with van der Waals surface area (Å²) in [5.74, 6) is 0. The van der Waals surface area contributed by atoms with Crippen LogP contribution in [-0.4, -0.2) is 14.7 Å². The molecule has 1 aromatic heterocycles. The fraction of sp³-hybridized carbons (Fsp3) is 0.357. The molecule has 3 heteroatoms. The molecule has 1 unspecified atom stereocenters. The Labute approximate surface area is 102 Å². The molecule has 3 nitrogen and oxygen atoms in total. The zero-order valence-corrected chi connectivity index (χ0v) is 10.5. The molecule has 0 fully saturated rings. The van der Waals surface area contributed by atoms with Gasteiger partial charge < -0.3 is 9.67 Å². The van der Waals surface area contributed by atoms with Crippen molar-refractivity contribution in [2.24, 2.45) is 7.05 Å². The number of hydrogen-bond donors (Lipinski definition) is 1. The molecule has 0 aliphatic rings. The van der Waals surface area contributed by atoms with Gasteiger partial charge in [0.2, 0.25) is 0 Å². The maximum Gasteiger partial charge on any atom is 0.0995 e. The van der Waals surface area contributed by atoms with E-state index in [9.17, 15) is 5.11 Å². The van der Waals surface area contributed by atoms with Crippen LogP contribution in [0.3, 0.4) is 0 Å². The number of aryl methyl sites for hydroxylation is 3. The highest BCUT2D eigenvalue weighted by Crippen LogP contribution is 2.19. The number of hydrogen-bond acceptors (Lipinski definition) is 2. The van der Waals surface area contributed by atoms with Crippen molar-refractivity contribution in [3.05, 3.63) is 53.1 Å². The first-order valence-electron chi connectivity index (χ1n) is 5.77. The molecule has 1 aromatic carbocycles. The van der Waals surface area contributed by atoms with Crippen LogP contribution in [0, 0.1) is 13.8 Å². The summed E-state index contributed by atoms with van der Waals surface area (Å²) in [6.07, 6.45) is 3.55. The molecule has 17 heavy (non-hydrogen) atoms. The Morgan fingerprint density at radius 2 is 1.88 bits per heavy atom. The lowest BCUT2D eigenvalue weighted by atomic mass is 10.0. The van der Waals surface area contributed by atoms with Crippen molar-refractivity contribution in [1.82, 2.24) is 9.55 Å². The Balaban J connectivity index is 2.18.